The van der Waals surface area contributed by atoms with Gasteiger partial charge in [-0.3, -0.25) is 4.72 Å². The smallest absolute Gasteiger partial charge is 0.263 e. The largest absolute Gasteiger partial charge is 0.334 e. The van der Waals surface area contributed by atoms with Crippen molar-refractivity contribution in [3.8, 4) is 17.5 Å². The summed E-state index contributed by atoms with van der Waals surface area (Å²) in [5.41, 5.74) is 1.000. The van der Waals surface area contributed by atoms with Gasteiger partial charge in [0.05, 0.1) is 5.56 Å². The minimum Gasteiger partial charge on any atom is -0.334 e. The van der Waals surface area contributed by atoms with Crippen molar-refractivity contribution >= 4 is 27.3 Å². The number of rotatable bonds is 5. The first-order chi connectivity index (χ1) is 12.8. The minimum absolute atomic E-state index is 0.00981. The van der Waals surface area contributed by atoms with Crippen LogP contribution in [0.1, 0.15) is 31.2 Å². The number of aromatic nitrogens is 2. The van der Waals surface area contributed by atoms with Crippen LogP contribution in [0.5, 0.6) is 0 Å². The zero-order valence-electron chi connectivity index (χ0n) is 14.5. The molecule has 9 heteroatoms. The monoisotopic (exact) mass is 402 g/mol. The Morgan fingerprint density at radius 2 is 1.89 bits per heavy atom. The molecular weight excluding hydrogens is 388 g/mol. The number of benzene rings is 2. The number of anilines is 1. The van der Waals surface area contributed by atoms with Gasteiger partial charge < -0.3 is 4.52 Å². The topological polar surface area (TPSA) is 109 Å². The Labute approximate surface area is 161 Å². The summed E-state index contributed by atoms with van der Waals surface area (Å²) >= 11 is 5.87. The van der Waals surface area contributed by atoms with Gasteiger partial charge in [0.15, 0.2) is 5.82 Å². The van der Waals surface area contributed by atoms with Crippen LogP contribution in [0.15, 0.2) is 51.9 Å². The predicted molar refractivity (Wildman–Crippen MR) is 101 cm³/mol. The van der Waals surface area contributed by atoms with E-state index in [1.165, 1.54) is 18.2 Å². The van der Waals surface area contributed by atoms with Crippen LogP contribution in [0.2, 0.25) is 5.02 Å². The average Bonchev–Trinajstić information content (AvgIpc) is 3.12. The van der Waals surface area contributed by atoms with E-state index in [2.05, 4.69) is 14.9 Å². The summed E-state index contributed by atoms with van der Waals surface area (Å²) in [4.78, 5) is 4.12. The number of sulfonamides is 1. The second kappa shape index (κ2) is 7.39. The van der Waals surface area contributed by atoms with Gasteiger partial charge in [-0.05, 0) is 42.5 Å². The Balaban J connectivity index is 1.86. The molecule has 3 rings (SSSR count). The van der Waals surface area contributed by atoms with E-state index in [4.69, 9.17) is 21.4 Å². The van der Waals surface area contributed by atoms with Crippen LogP contribution in [0.25, 0.3) is 11.5 Å². The first kappa shape index (κ1) is 18.9. The highest BCUT2D eigenvalue weighted by atomic mass is 35.5. The van der Waals surface area contributed by atoms with Crippen LogP contribution in [0, 0.1) is 11.3 Å². The van der Waals surface area contributed by atoms with Crippen molar-refractivity contribution in [1.29, 1.82) is 5.26 Å². The maximum atomic E-state index is 12.6. The maximum absolute atomic E-state index is 12.6. The van der Waals surface area contributed by atoms with Crippen LogP contribution in [0.4, 0.5) is 5.69 Å². The standard InChI is InChI=1S/C18H15ClN4O3S/c1-11(2)17-21-18(26-22-17)12-4-7-15(8-5-12)23-27(24,25)16-9-14(19)6-3-13(16)10-20/h3-9,11,23H,1-2H3. The van der Waals surface area contributed by atoms with Gasteiger partial charge >= 0.3 is 0 Å². The molecular formula is C18H15ClN4O3S. The first-order valence-corrected chi connectivity index (χ1v) is 9.83. The Bertz CT molecular complexity index is 1120. The summed E-state index contributed by atoms with van der Waals surface area (Å²) < 4.78 is 32.9. The van der Waals surface area contributed by atoms with E-state index < -0.39 is 10.0 Å². The molecule has 0 amide bonds. The summed E-state index contributed by atoms with van der Waals surface area (Å²) in [6, 6.07) is 12.4. The molecule has 2 aromatic carbocycles. The van der Waals surface area contributed by atoms with E-state index in [1.54, 1.807) is 24.3 Å². The molecule has 0 aliphatic rings. The van der Waals surface area contributed by atoms with Crippen LogP contribution in [-0.4, -0.2) is 18.6 Å². The fourth-order valence-electron chi connectivity index (χ4n) is 2.29. The molecule has 3 aromatic rings. The van der Waals surface area contributed by atoms with Gasteiger partial charge in [-0.2, -0.15) is 10.2 Å². The Morgan fingerprint density at radius 3 is 2.48 bits per heavy atom. The van der Waals surface area contributed by atoms with E-state index in [1.807, 2.05) is 19.9 Å². The molecule has 138 valence electrons. The average molecular weight is 403 g/mol. The lowest BCUT2D eigenvalue weighted by Crippen LogP contribution is -2.14. The van der Waals surface area contributed by atoms with Gasteiger partial charge in [-0.1, -0.05) is 30.6 Å². The van der Waals surface area contributed by atoms with E-state index >= 15 is 0 Å². The zero-order chi connectivity index (χ0) is 19.6. The third kappa shape index (κ3) is 4.10. The zero-order valence-corrected chi connectivity index (χ0v) is 16.0. The van der Waals surface area contributed by atoms with Crippen molar-refractivity contribution in [2.75, 3.05) is 4.72 Å². The van der Waals surface area contributed by atoms with Gasteiger partial charge in [0.1, 0.15) is 11.0 Å². The van der Waals surface area contributed by atoms with Gasteiger partial charge in [-0.15, -0.1) is 0 Å². The van der Waals surface area contributed by atoms with Crippen LogP contribution in [0.3, 0.4) is 0 Å². The molecule has 0 bridgehead atoms. The van der Waals surface area contributed by atoms with Crippen LogP contribution < -0.4 is 4.72 Å². The molecule has 1 aromatic heterocycles. The number of nitrogens with one attached hydrogen (secondary N) is 1. The van der Waals surface area contributed by atoms with Gasteiger partial charge in [0.2, 0.25) is 0 Å². The second-order valence-electron chi connectivity index (χ2n) is 6.05. The quantitative estimate of drug-likeness (QED) is 0.685. The van der Waals surface area contributed by atoms with E-state index in [0.717, 1.165) is 0 Å². The fraction of sp³-hybridized carbons (Fsp3) is 0.167. The van der Waals surface area contributed by atoms with E-state index in [0.29, 0.717) is 23.0 Å². The molecule has 0 saturated carbocycles. The molecule has 0 atom stereocenters. The molecule has 0 fully saturated rings. The van der Waals surface area contributed by atoms with Crippen molar-refractivity contribution in [2.45, 2.75) is 24.7 Å². The Morgan fingerprint density at radius 1 is 1.19 bits per heavy atom. The molecule has 27 heavy (non-hydrogen) atoms. The summed E-state index contributed by atoms with van der Waals surface area (Å²) in [5.74, 6) is 1.09. The third-order valence-corrected chi connectivity index (χ3v) is 5.35. The summed E-state index contributed by atoms with van der Waals surface area (Å²) in [6.07, 6.45) is 0. The molecule has 0 spiro atoms. The van der Waals surface area contributed by atoms with Crippen molar-refractivity contribution in [3.05, 3.63) is 58.9 Å². The molecule has 7 nitrogen and oxygen atoms in total. The second-order valence-corrected chi connectivity index (χ2v) is 8.13. The molecule has 0 aliphatic heterocycles. The lowest BCUT2D eigenvalue weighted by molar-refractivity contribution is 0.419. The van der Waals surface area contributed by atoms with E-state index in [-0.39, 0.29) is 21.4 Å². The molecule has 0 saturated heterocycles. The number of nitriles is 1. The number of nitrogens with zero attached hydrogens (tertiary/aromatic N) is 3. The minimum atomic E-state index is -3.97. The lowest BCUT2D eigenvalue weighted by Gasteiger charge is -2.10. The highest BCUT2D eigenvalue weighted by molar-refractivity contribution is 7.92. The Hall–Kier alpha value is -2.89. The van der Waals surface area contributed by atoms with E-state index in [9.17, 15) is 8.42 Å². The van der Waals surface area contributed by atoms with Crippen molar-refractivity contribution < 1.29 is 12.9 Å². The summed E-state index contributed by atoms with van der Waals surface area (Å²) in [7, 11) is -3.97. The third-order valence-electron chi connectivity index (χ3n) is 3.70. The highest BCUT2D eigenvalue weighted by Gasteiger charge is 2.20. The Kier molecular flexibility index (Phi) is 5.17. The van der Waals surface area contributed by atoms with Crippen molar-refractivity contribution in [3.63, 3.8) is 0 Å². The van der Waals surface area contributed by atoms with Gasteiger partial charge in [0.25, 0.3) is 15.9 Å². The van der Waals surface area contributed by atoms with Gasteiger partial charge in [-0.25, -0.2) is 8.42 Å². The number of hydrogen-bond donors (Lipinski definition) is 1. The molecule has 0 unspecified atom stereocenters. The summed E-state index contributed by atoms with van der Waals surface area (Å²) in [6.45, 7) is 3.91. The van der Waals surface area contributed by atoms with Crippen molar-refractivity contribution in [2.24, 2.45) is 0 Å². The molecule has 0 aliphatic carbocycles. The van der Waals surface area contributed by atoms with Crippen molar-refractivity contribution in [1.82, 2.24) is 10.1 Å². The normalized spacial score (nSPS) is 11.4. The fourth-order valence-corrected chi connectivity index (χ4v) is 3.77. The van der Waals surface area contributed by atoms with Crippen LogP contribution >= 0.6 is 11.6 Å². The molecule has 1 heterocycles. The predicted octanol–water partition coefficient (Wildman–Crippen LogP) is 4.19. The lowest BCUT2D eigenvalue weighted by atomic mass is 10.2. The molecule has 0 radical (unpaired) electrons. The summed E-state index contributed by atoms with van der Waals surface area (Å²) in [5, 5.41) is 13.3. The SMILES string of the molecule is CC(C)c1noc(-c2ccc(NS(=O)(=O)c3cc(Cl)ccc3C#N)cc2)n1. The number of hydrogen-bond acceptors (Lipinski definition) is 6. The maximum Gasteiger partial charge on any atom is 0.263 e. The highest BCUT2D eigenvalue weighted by Crippen LogP contribution is 2.25. The molecule has 1 N–H and O–H groups in total. The first-order valence-electron chi connectivity index (χ1n) is 7.96. The van der Waals surface area contributed by atoms with Crippen LogP contribution in [-0.2, 0) is 10.0 Å². The number of halogens is 1. The van der Waals surface area contributed by atoms with Gasteiger partial charge in [0, 0.05) is 22.2 Å².